The summed E-state index contributed by atoms with van der Waals surface area (Å²) < 4.78 is 2.08. The number of anilines is 1. The topological polar surface area (TPSA) is 99.9 Å². The van der Waals surface area contributed by atoms with Crippen molar-refractivity contribution in [1.29, 1.82) is 5.26 Å². The first-order valence-corrected chi connectivity index (χ1v) is 13.6. The highest BCUT2D eigenvalue weighted by atomic mass is 15.3. The van der Waals surface area contributed by atoms with Gasteiger partial charge >= 0.3 is 0 Å². The molecule has 0 radical (unpaired) electrons. The van der Waals surface area contributed by atoms with Crippen LogP contribution >= 0.6 is 0 Å². The Hall–Kier alpha value is -3.80. The van der Waals surface area contributed by atoms with E-state index in [1.54, 1.807) is 0 Å². The number of nitrogens with two attached hydrogens (primary N) is 1. The zero-order chi connectivity index (χ0) is 26.1. The van der Waals surface area contributed by atoms with Crippen LogP contribution in [-0.2, 0) is 0 Å². The van der Waals surface area contributed by atoms with E-state index in [9.17, 15) is 5.26 Å². The van der Waals surface area contributed by atoms with Crippen LogP contribution in [0.5, 0.6) is 0 Å². The fourth-order valence-corrected chi connectivity index (χ4v) is 6.01. The predicted molar refractivity (Wildman–Crippen MR) is 149 cm³/mol. The third kappa shape index (κ3) is 4.75. The van der Waals surface area contributed by atoms with E-state index >= 15 is 0 Å². The Balaban J connectivity index is 1.22. The van der Waals surface area contributed by atoms with Gasteiger partial charge in [-0.1, -0.05) is 54.6 Å². The summed E-state index contributed by atoms with van der Waals surface area (Å²) in [5, 5.41) is 15.3. The van der Waals surface area contributed by atoms with Crippen LogP contribution in [0.1, 0.15) is 48.8 Å². The molecule has 2 aromatic heterocycles. The average Bonchev–Trinajstić information content (AvgIpc) is 3.40. The van der Waals surface area contributed by atoms with Gasteiger partial charge in [-0.05, 0) is 43.9 Å². The Labute approximate surface area is 223 Å². The van der Waals surface area contributed by atoms with Gasteiger partial charge in [-0.15, -0.1) is 0 Å². The van der Waals surface area contributed by atoms with Crippen LogP contribution in [0.2, 0.25) is 0 Å². The third-order valence-electron chi connectivity index (χ3n) is 8.31. The average molecular weight is 507 g/mol. The number of nitrogen functional groups attached to an aromatic ring is 1. The van der Waals surface area contributed by atoms with Crippen molar-refractivity contribution < 1.29 is 0 Å². The fraction of sp³-hybridized carbons (Fsp3) is 0.400. The summed E-state index contributed by atoms with van der Waals surface area (Å²) in [7, 11) is 2.21. The van der Waals surface area contributed by atoms with Crippen molar-refractivity contribution in [3.63, 3.8) is 0 Å². The molecule has 38 heavy (non-hydrogen) atoms. The van der Waals surface area contributed by atoms with E-state index in [4.69, 9.17) is 15.8 Å². The molecular formula is C30H34N8. The molecule has 0 amide bonds. The first-order valence-electron chi connectivity index (χ1n) is 13.6. The van der Waals surface area contributed by atoms with Crippen molar-refractivity contribution in [2.45, 2.75) is 43.7 Å². The van der Waals surface area contributed by atoms with E-state index in [0.29, 0.717) is 23.7 Å². The standard InChI is InChI=1S/C30H34N8/c1-36-15-17-37(18-16-36)24-11-13-25(14-12-24)38-30-27(20-33-38)28(32)34-29(35-30)23-9-7-22(8-10-23)26(19-31)21-5-3-2-4-6-21/h2-10,20,24-26H,11-18H2,1H3,(H2,32,34,35). The molecule has 1 aliphatic carbocycles. The second-order valence-electron chi connectivity index (χ2n) is 10.7. The zero-order valence-electron chi connectivity index (χ0n) is 21.9. The van der Waals surface area contributed by atoms with E-state index in [1.165, 1.54) is 25.9 Å². The van der Waals surface area contributed by atoms with Gasteiger partial charge in [0.05, 0.1) is 29.6 Å². The minimum absolute atomic E-state index is 0.318. The molecule has 1 aliphatic heterocycles. The van der Waals surface area contributed by atoms with Gasteiger partial charge < -0.3 is 10.6 Å². The third-order valence-corrected chi connectivity index (χ3v) is 8.31. The van der Waals surface area contributed by atoms with E-state index in [1.807, 2.05) is 60.8 Å². The minimum Gasteiger partial charge on any atom is -0.383 e. The summed E-state index contributed by atoms with van der Waals surface area (Å²) >= 11 is 0. The molecule has 2 N–H and O–H groups in total. The van der Waals surface area contributed by atoms with Crippen LogP contribution in [0.4, 0.5) is 5.82 Å². The van der Waals surface area contributed by atoms with Crippen molar-refractivity contribution in [2.24, 2.45) is 0 Å². The van der Waals surface area contributed by atoms with Crippen LogP contribution in [0, 0.1) is 11.3 Å². The maximum absolute atomic E-state index is 9.80. The number of nitriles is 1. The van der Waals surface area contributed by atoms with Crippen LogP contribution in [-0.4, -0.2) is 68.8 Å². The minimum atomic E-state index is -0.318. The van der Waals surface area contributed by atoms with Crippen LogP contribution in [0.25, 0.3) is 22.4 Å². The Morgan fingerprint density at radius 3 is 2.21 bits per heavy atom. The van der Waals surface area contributed by atoms with Gasteiger partial charge in [0.15, 0.2) is 11.5 Å². The Morgan fingerprint density at radius 1 is 0.868 bits per heavy atom. The Kier molecular flexibility index (Phi) is 6.79. The molecule has 1 saturated heterocycles. The molecule has 2 aromatic carbocycles. The maximum Gasteiger partial charge on any atom is 0.164 e. The second-order valence-corrected chi connectivity index (χ2v) is 10.7. The monoisotopic (exact) mass is 506 g/mol. The number of nitrogens with zero attached hydrogens (tertiary/aromatic N) is 7. The van der Waals surface area contributed by atoms with E-state index in [0.717, 1.165) is 53.7 Å². The van der Waals surface area contributed by atoms with Gasteiger partial charge in [-0.3, -0.25) is 4.90 Å². The molecule has 8 heteroatoms. The largest absolute Gasteiger partial charge is 0.383 e. The molecule has 6 rings (SSSR count). The van der Waals surface area contributed by atoms with Crippen molar-refractivity contribution in [2.75, 3.05) is 39.0 Å². The maximum atomic E-state index is 9.80. The Bertz CT molecular complexity index is 1420. The number of hydrogen-bond donors (Lipinski definition) is 1. The lowest BCUT2D eigenvalue weighted by molar-refractivity contribution is 0.0815. The first-order chi connectivity index (χ1) is 18.6. The van der Waals surface area contributed by atoms with Gasteiger partial charge in [0, 0.05) is 37.8 Å². The lowest BCUT2D eigenvalue weighted by Crippen LogP contribution is -2.49. The second kappa shape index (κ2) is 10.5. The number of fused-ring (bicyclic) bond motifs is 1. The van der Waals surface area contributed by atoms with Crippen molar-refractivity contribution in [1.82, 2.24) is 29.5 Å². The molecule has 1 atom stereocenters. The van der Waals surface area contributed by atoms with Crippen LogP contribution in [0.3, 0.4) is 0 Å². The van der Waals surface area contributed by atoms with Gasteiger partial charge in [0.2, 0.25) is 0 Å². The van der Waals surface area contributed by atoms with Crippen LogP contribution < -0.4 is 5.73 Å². The summed E-state index contributed by atoms with van der Waals surface area (Å²) in [6, 6.07) is 21.2. The van der Waals surface area contributed by atoms with Gasteiger partial charge in [0.25, 0.3) is 0 Å². The molecule has 194 valence electrons. The number of likely N-dealkylation sites (N-methyl/N-ethyl adjacent to an activating group) is 1. The smallest absolute Gasteiger partial charge is 0.164 e. The molecular weight excluding hydrogens is 472 g/mol. The molecule has 1 saturated carbocycles. The predicted octanol–water partition coefficient (Wildman–Crippen LogP) is 4.46. The number of aromatic nitrogens is 4. The van der Waals surface area contributed by atoms with Gasteiger partial charge in [-0.25, -0.2) is 14.6 Å². The quantitative estimate of drug-likeness (QED) is 0.426. The van der Waals surface area contributed by atoms with Gasteiger partial charge in [0.1, 0.15) is 5.82 Å². The van der Waals surface area contributed by atoms with E-state index in [2.05, 4.69) is 32.6 Å². The number of rotatable bonds is 5. The molecule has 0 spiro atoms. The molecule has 0 bridgehead atoms. The Morgan fingerprint density at radius 2 is 1.53 bits per heavy atom. The fourth-order valence-electron chi connectivity index (χ4n) is 6.01. The summed E-state index contributed by atoms with van der Waals surface area (Å²) in [6.07, 6.45) is 6.37. The molecule has 2 aliphatic rings. The van der Waals surface area contributed by atoms with Crippen molar-refractivity contribution in [3.8, 4) is 17.5 Å². The summed E-state index contributed by atoms with van der Waals surface area (Å²) in [6.45, 7) is 4.66. The number of piperazine rings is 1. The molecule has 3 heterocycles. The first kappa shape index (κ1) is 24.5. The number of hydrogen-bond acceptors (Lipinski definition) is 7. The molecule has 8 nitrogen and oxygen atoms in total. The molecule has 1 unspecified atom stereocenters. The highest BCUT2D eigenvalue weighted by Crippen LogP contribution is 2.34. The van der Waals surface area contributed by atoms with E-state index in [-0.39, 0.29) is 5.92 Å². The highest BCUT2D eigenvalue weighted by molar-refractivity contribution is 5.87. The van der Waals surface area contributed by atoms with Crippen LogP contribution in [0.15, 0.2) is 60.8 Å². The highest BCUT2D eigenvalue weighted by Gasteiger charge is 2.30. The lowest BCUT2D eigenvalue weighted by atomic mass is 9.90. The molecule has 4 aromatic rings. The summed E-state index contributed by atoms with van der Waals surface area (Å²) in [5.74, 6) is 0.717. The van der Waals surface area contributed by atoms with Crippen molar-refractivity contribution >= 4 is 16.9 Å². The molecule has 2 fully saturated rings. The van der Waals surface area contributed by atoms with Gasteiger partial charge in [-0.2, -0.15) is 10.4 Å². The summed E-state index contributed by atoms with van der Waals surface area (Å²) in [4.78, 5) is 14.6. The number of benzene rings is 2. The van der Waals surface area contributed by atoms with E-state index < -0.39 is 0 Å². The normalized spacial score (nSPS) is 21.8. The lowest BCUT2D eigenvalue weighted by Gasteiger charge is -2.41. The zero-order valence-corrected chi connectivity index (χ0v) is 21.9. The van der Waals surface area contributed by atoms with Crippen molar-refractivity contribution in [3.05, 3.63) is 71.9 Å². The SMILES string of the molecule is CN1CCN(C2CCC(n3ncc4c(N)nc(-c5ccc(C(C#N)c6ccccc6)cc5)nc43)CC2)CC1. The summed E-state index contributed by atoms with van der Waals surface area (Å²) in [5.41, 5.74) is 9.99.